The number of rotatable bonds is 9. The van der Waals surface area contributed by atoms with Crippen LogP contribution in [0.15, 0.2) is 84.9 Å². The molecule has 0 aliphatic heterocycles. The number of fused-ring (bicyclic) bond motifs is 4. The van der Waals surface area contributed by atoms with Crippen LogP contribution in [0.5, 0.6) is 0 Å². The van der Waals surface area contributed by atoms with Gasteiger partial charge in [0.25, 0.3) is 0 Å². The highest BCUT2D eigenvalue weighted by molar-refractivity contribution is 5.96. The molecule has 4 fully saturated rings. The van der Waals surface area contributed by atoms with Gasteiger partial charge < -0.3 is 25.8 Å². The molecular formula is C40H48FN3O5. The summed E-state index contributed by atoms with van der Waals surface area (Å²) in [5.74, 6) is -0.408. The van der Waals surface area contributed by atoms with Crippen LogP contribution in [0, 0.1) is 11.2 Å². The van der Waals surface area contributed by atoms with Crippen LogP contribution in [-0.4, -0.2) is 34.6 Å². The van der Waals surface area contributed by atoms with Crippen LogP contribution in [0.1, 0.15) is 105 Å². The first-order chi connectivity index (χ1) is 23.6. The number of ketones is 1. The van der Waals surface area contributed by atoms with Gasteiger partial charge in [-0.1, -0.05) is 79.2 Å². The lowest BCUT2D eigenvalue weighted by Gasteiger charge is -2.39. The summed E-state index contributed by atoms with van der Waals surface area (Å²) >= 11 is 0. The number of Topliss-reactive ketones (excluding diaryl/α,β-unsaturated/α-hetero) is 1. The standard InChI is InChI=1S/C24H26FNO3.C16H22N2O2/c25-20-9-4-8-19(14-20)21(27)15-23-10-5-11-24(17-23,13-12-23)26-22(28)29-16-18-6-2-1-3-7-18;17-15-7-4-8-16(12-15,10-9-15)18-14(19)20-11-13-5-2-1-3-6-13/h1-4,6-9,14H,5,10-13,15-17H2,(H,26,28);1-3,5-6H,4,7-12,17H2,(H,18,19). The fourth-order valence-electron chi connectivity index (χ4n) is 8.81. The Morgan fingerprint density at radius 1 is 0.653 bits per heavy atom. The zero-order chi connectivity index (χ0) is 34.4. The smallest absolute Gasteiger partial charge is 0.407 e. The first kappa shape index (κ1) is 34.6. The molecule has 4 aliphatic carbocycles. The van der Waals surface area contributed by atoms with Crippen molar-refractivity contribution in [2.45, 2.75) is 113 Å². The highest BCUT2D eigenvalue weighted by Crippen LogP contribution is 2.56. The largest absolute Gasteiger partial charge is 0.445 e. The van der Waals surface area contributed by atoms with Gasteiger partial charge >= 0.3 is 12.2 Å². The number of nitrogens with two attached hydrogens (primary N) is 1. The van der Waals surface area contributed by atoms with Gasteiger partial charge in [-0.05, 0) is 99.3 Å². The van der Waals surface area contributed by atoms with E-state index >= 15 is 0 Å². The molecule has 4 aliphatic rings. The van der Waals surface area contributed by atoms with E-state index in [9.17, 15) is 18.8 Å². The molecule has 4 atom stereocenters. The summed E-state index contributed by atoms with van der Waals surface area (Å²) in [7, 11) is 0. The van der Waals surface area contributed by atoms with E-state index in [0.717, 1.165) is 88.2 Å². The summed E-state index contributed by atoms with van der Waals surface area (Å²) in [6.45, 7) is 0.558. The summed E-state index contributed by atoms with van der Waals surface area (Å²) in [5, 5.41) is 6.19. The van der Waals surface area contributed by atoms with Crippen molar-refractivity contribution < 1.29 is 28.2 Å². The molecule has 49 heavy (non-hydrogen) atoms. The van der Waals surface area contributed by atoms with Crippen molar-refractivity contribution in [3.8, 4) is 0 Å². The maximum Gasteiger partial charge on any atom is 0.407 e. The Hall–Kier alpha value is -4.24. The number of carbonyl (C=O) groups is 3. The van der Waals surface area contributed by atoms with Crippen LogP contribution in [0.2, 0.25) is 0 Å². The predicted octanol–water partition coefficient (Wildman–Crippen LogP) is 8.13. The molecule has 3 aromatic rings. The van der Waals surface area contributed by atoms with E-state index in [1.165, 1.54) is 12.1 Å². The summed E-state index contributed by atoms with van der Waals surface area (Å²) in [4.78, 5) is 37.2. The number of hydrogen-bond acceptors (Lipinski definition) is 6. The second-order valence-corrected chi connectivity index (χ2v) is 15.0. The molecule has 0 radical (unpaired) electrons. The van der Waals surface area contributed by atoms with E-state index in [4.69, 9.17) is 15.2 Å². The van der Waals surface area contributed by atoms with Crippen molar-refractivity contribution in [2.75, 3.05) is 0 Å². The third-order valence-electron chi connectivity index (χ3n) is 11.2. The van der Waals surface area contributed by atoms with Crippen molar-refractivity contribution in [1.29, 1.82) is 0 Å². The minimum atomic E-state index is -0.400. The Labute approximate surface area is 288 Å². The SMILES string of the molecule is NC12CCCC(NC(=O)OCc3ccccc3)(CC1)C2.O=C(NC12CCCC(CC(=O)c3cccc(F)c3)(CC1)C2)OCc1ccccc1. The maximum absolute atomic E-state index is 13.5. The predicted molar refractivity (Wildman–Crippen MR) is 185 cm³/mol. The number of nitrogens with one attached hydrogen (secondary N) is 2. The maximum atomic E-state index is 13.5. The van der Waals surface area contributed by atoms with Gasteiger partial charge in [-0.3, -0.25) is 4.79 Å². The lowest BCUT2D eigenvalue weighted by Crippen LogP contribution is -2.52. The molecule has 3 aromatic carbocycles. The van der Waals surface area contributed by atoms with Crippen LogP contribution in [-0.2, 0) is 22.7 Å². The van der Waals surface area contributed by atoms with Gasteiger partial charge in [0.05, 0.1) is 0 Å². The molecule has 8 nitrogen and oxygen atoms in total. The first-order valence-corrected chi connectivity index (χ1v) is 17.6. The van der Waals surface area contributed by atoms with Crippen molar-refractivity contribution in [1.82, 2.24) is 10.6 Å². The third kappa shape index (κ3) is 8.87. The van der Waals surface area contributed by atoms with Gasteiger partial charge in [0, 0.05) is 28.6 Å². The number of carbonyl (C=O) groups excluding carboxylic acids is 3. The minimum Gasteiger partial charge on any atom is -0.445 e. The summed E-state index contributed by atoms with van der Waals surface area (Å²) in [6, 6.07) is 25.2. The van der Waals surface area contributed by atoms with E-state index in [1.54, 1.807) is 12.1 Å². The second kappa shape index (κ2) is 14.7. The quantitative estimate of drug-likeness (QED) is 0.198. The second-order valence-electron chi connectivity index (χ2n) is 15.0. The summed E-state index contributed by atoms with van der Waals surface area (Å²) in [6.07, 6.45) is 11.1. The number of hydrogen-bond donors (Lipinski definition) is 3. The average molecular weight is 670 g/mol. The zero-order valence-corrected chi connectivity index (χ0v) is 28.2. The first-order valence-electron chi connectivity index (χ1n) is 17.6. The van der Waals surface area contributed by atoms with Crippen LogP contribution in [0.4, 0.5) is 14.0 Å². The Kier molecular flexibility index (Phi) is 10.4. The lowest BCUT2D eigenvalue weighted by molar-refractivity contribution is 0.0840. The van der Waals surface area contributed by atoms with E-state index in [2.05, 4.69) is 10.6 Å². The molecule has 4 unspecified atom stereocenters. The number of ether oxygens (including phenoxy) is 2. The summed E-state index contributed by atoms with van der Waals surface area (Å²) in [5.41, 5.74) is 8.11. The lowest BCUT2D eigenvalue weighted by atomic mass is 9.70. The molecule has 4 N–H and O–H groups in total. The van der Waals surface area contributed by atoms with E-state index in [-0.39, 0.29) is 46.3 Å². The average Bonchev–Trinajstić information content (AvgIpc) is 3.48. The fraction of sp³-hybridized carbons (Fsp3) is 0.475. The molecule has 0 aromatic heterocycles. The van der Waals surface area contributed by atoms with Crippen molar-refractivity contribution in [3.05, 3.63) is 107 Å². The van der Waals surface area contributed by atoms with Gasteiger partial charge in [0.1, 0.15) is 19.0 Å². The Bertz CT molecular complexity index is 1620. The zero-order valence-electron chi connectivity index (χ0n) is 28.2. The Balaban J connectivity index is 0.000000182. The van der Waals surface area contributed by atoms with Crippen LogP contribution < -0.4 is 16.4 Å². The van der Waals surface area contributed by atoms with Crippen molar-refractivity contribution in [3.63, 3.8) is 0 Å². The van der Waals surface area contributed by atoms with Gasteiger partial charge in [-0.2, -0.15) is 0 Å². The monoisotopic (exact) mass is 669 g/mol. The van der Waals surface area contributed by atoms with Gasteiger partial charge in [-0.15, -0.1) is 0 Å². The third-order valence-corrected chi connectivity index (χ3v) is 11.2. The van der Waals surface area contributed by atoms with Gasteiger partial charge in [0.15, 0.2) is 5.78 Å². The molecule has 2 amide bonds. The van der Waals surface area contributed by atoms with Gasteiger partial charge in [0.2, 0.25) is 0 Å². The van der Waals surface area contributed by atoms with E-state index in [1.807, 2.05) is 60.7 Å². The Morgan fingerprint density at radius 2 is 1.22 bits per heavy atom. The van der Waals surface area contributed by atoms with E-state index in [0.29, 0.717) is 18.6 Å². The van der Waals surface area contributed by atoms with Crippen LogP contribution in [0.25, 0.3) is 0 Å². The number of benzene rings is 3. The molecule has 4 saturated carbocycles. The van der Waals surface area contributed by atoms with Crippen molar-refractivity contribution >= 4 is 18.0 Å². The normalized spacial score (nSPS) is 28.0. The highest BCUT2D eigenvalue weighted by atomic mass is 19.1. The fourth-order valence-corrected chi connectivity index (χ4v) is 8.81. The molecule has 9 heteroatoms. The van der Waals surface area contributed by atoms with Crippen molar-refractivity contribution in [2.24, 2.45) is 11.1 Å². The highest BCUT2D eigenvalue weighted by Gasteiger charge is 2.53. The molecule has 0 saturated heterocycles. The van der Waals surface area contributed by atoms with E-state index < -0.39 is 6.09 Å². The number of halogens is 1. The molecule has 0 heterocycles. The Morgan fingerprint density at radius 3 is 1.84 bits per heavy atom. The van der Waals surface area contributed by atoms with Crippen LogP contribution >= 0.6 is 0 Å². The topological polar surface area (TPSA) is 120 Å². The van der Waals surface area contributed by atoms with Gasteiger partial charge in [-0.25, -0.2) is 14.0 Å². The summed E-state index contributed by atoms with van der Waals surface area (Å²) < 4.78 is 24.2. The number of amides is 2. The molecular weight excluding hydrogens is 621 g/mol. The number of alkyl carbamates (subject to hydrolysis) is 2. The van der Waals surface area contributed by atoms with Crippen LogP contribution in [0.3, 0.4) is 0 Å². The molecule has 0 spiro atoms. The molecule has 4 bridgehead atoms. The molecule has 7 rings (SSSR count). The minimum absolute atomic E-state index is 0.0196. The molecule has 260 valence electrons.